The van der Waals surface area contributed by atoms with Gasteiger partial charge in [0, 0.05) is 22.7 Å². The molecule has 2 nitrogen and oxygen atoms in total. The van der Waals surface area contributed by atoms with Crippen LogP contribution >= 0.6 is 23.2 Å². The number of hydrogen-bond acceptors (Lipinski definition) is 2. The summed E-state index contributed by atoms with van der Waals surface area (Å²) in [5.74, 6) is 0.766. The molecule has 1 saturated carbocycles. The van der Waals surface area contributed by atoms with Crippen molar-refractivity contribution in [3.05, 3.63) is 33.8 Å². The molecule has 0 aromatic heterocycles. The number of halogens is 2. The first-order chi connectivity index (χ1) is 9.62. The first-order valence-corrected chi connectivity index (χ1v) is 8.10. The molecule has 1 N–H and O–H groups in total. The van der Waals surface area contributed by atoms with Gasteiger partial charge < -0.3 is 10.1 Å². The second-order valence-corrected chi connectivity index (χ2v) is 6.42. The zero-order valence-corrected chi connectivity index (χ0v) is 13.7. The van der Waals surface area contributed by atoms with Crippen molar-refractivity contribution in [1.82, 2.24) is 5.32 Å². The molecule has 1 aliphatic rings. The van der Waals surface area contributed by atoms with Gasteiger partial charge in [-0.25, -0.2) is 0 Å². The minimum Gasteiger partial charge on any atom is -0.378 e. The monoisotopic (exact) mass is 315 g/mol. The zero-order valence-electron chi connectivity index (χ0n) is 12.2. The molecule has 4 heteroatoms. The van der Waals surface area contributed by atoms with E-state index in [0.29, 0.717) is 12.1 Å². The largest absolute Gasteiger partial charge is 0.378 e. The van der Waals surface area contributed by atoms with Crippen LogP contribution in [-0.4, -0.2) is 25.8 Å². The standard InChI is InChI=1S/C16H23Cl2NO/c1-3-20-15-7-11(8-15)6-14(19-2)10-12-9-13(17)4-5-16(12)18/h4-5,9,11,14-15,19H,3,6-8,10H2,1-2H3. The molecule has 112 valence electrons. The third-order valence-corrected chi connectivity index (χ3v) is 4.70. The number of ether oxygens (including phenoxy) is 1. The van der Waals surface area contributed by atoms with Gasteiger partial charge in [0.15, 0.2) is 0 Å². The number of likely N-dealkylation sites (N-methyl/N-ethyl adjacent to an activating group) is 1. The van der Waals surface area contributed by atoms with Crippen molar-refractivity contribution in [3.8, 4) is 0 Å². The van der Waals surface area contributed by atoms with Crippen molar-refractivity contribution in [2.75, 3.05) is 13.7 Å². The van der Waals surface area contributed by atoms with Crippen LogP contribution in [0.25, 0.3) is 0 Å². The predicted octanol–water partition coefficient (Wildman–Crippen LogP) is 4.33. The highest BCUT2D eigenvalue weighted by Crippen LogP contribution is 2.34. The van der Waals surface area contributed by atoms with Crippen LogP contribution in [0.3, 0.4) is 0 Å². The van der Waals surface area contributed by atoms with E-state index in [2.05, 4.69) is 12.2 Å². The van der Waals surface area contributed by atoms with Crippen LogP contribution in [0.1, 0.15) is 31.7 Å². The molecule has 0 aliphatic heterocycles. The van der Waals surface area contributed by atoms with Crippen LogP contribution in [0.15, 0.2) is 18.2 Å². The van der Waals surface area contributed by atoms with Gasteiger partial charge in [-0.15, -0.1) is 0 Å². The molecular weight excluding hydrogens is 293 g/mol. The van der Waals surface area contributed by atoms with Crippen LogP contribution in [0.4, 0.5) is 0 Å². The lowest BCUT2D eigenvalue weighted by atomic mass is 9.77. The molecule has 0 bridgehead atoms. The Morgan fingerprint density at radius 2 is 2.10 bits per heavy atom. The first kappa shape index (κ1) is 16.1. The molecule has 1 unspecified atom stereocenters. The van der Waals surface area contributed by atoms with Gasteiger partial charge in [0.25, 0.3) is 0 Å². The summed E-state index contributed by atoms with van der Waals surface area (Å²) < 4.78 is 5.62. The third kappa shape index (κ3) is 4.36. The maximum Gasteiger partial charge on any atom is 0.0580 e. The van der Waals surface area contributed by atoms with Gasteiger partial charge in [-0.2, -0.15) is 0 Å². The summed E-state index contributed by atoms with van der Waals surface area (Å²) in [7, 11) is 2.02. The number of benzene rings is 1. The highest BCUT2D eigenvalue weighted by Gasteiger charge is 2.31. The van der Waals surface area contributed by atoms with Gasteiger partial charge in [0.2, 0.25) is 0 Å². The van der Waals surface area contributed by atoms with Gasteiger partial charge >= 0.3 is 0 Å². The van der Waals surface area contributed by atoms with E-state index in [1.54, 1.807) is 0 Å². The van der Waals surface area contributed by atoms with Crippen LogP contribution in [0.2, 0.25) is 10.0 Å². The maximum absolute atomic E-state index is 6.24. The second kappa shape index (κ2) is 7.65. The maximum atomic E-state index is 6.24. The molecule has 1 fully saturated rings. The molecule has 2 rings (SSSR count). The molecule has 0 radical (unpaired) electrons. The molecule has 20 heavy (non-hydrogen) atoms. The molecule has 0 spiro atoms. The molecule has 1 atom stereocenters. The molecule has 1 aromatic carbocycles. The second-order valence-electron chi connectivity index (χ2n) is 5.58. The van der Waals surface area contributed by atoms with Crippen LogP contribution < -0.4 is 5.32 Å². The molecular formula is C16H23Cl2NO. The van der Waals surface area contributed by atoms with Crippen molar-refractivity contribution < 1.29 is 4.74 Å². The van der Waals surface area contributed by atoms with E-state index >= 15 is 0 Å². The predicted molar refractivity (Wildman–Crippen MR) is 85.8 cm³/mol. The lowest BCUT2D eigenvalue weighted by Gasteiger charge is -2.37. The highest BCUT2D eigenvalue weighted by molar-refractivity contribution is 6.33. The minimum atomic E-state index is 0.443. The molecule has 1 aliphatic carbocycles. The summed E-state index contributed by atoms with van der Waals surface area (Å²) in [6.45, 7) is 2.88. The fourth-order valence-corrected chi connectivity index (χ4v) is 3.30. The minimum absolute atomic E-state index is 0.443. The lowest BCUT2D eigenvalue weighted by Crippen LogP contribution is -2.38. The van der Waals surface area contributed by atoms with E-state index in [-0.39, 0.29) is 0 Å². The normalized spacial score (nSPS) is 23.4. The Hall–Kier alpha value is -0.280. The van der Waals surface area contributed by atoms with Crippen LogP contribution in [-0.2, 0) is 11.2 Å². The quantitative estimate of drug-likeness (QED) is 0.808. The first-order valence-electron chi connectivity index (χ1n) is 7.35. The van der Waals surface area contributed by atoms with Gasteiger partial charge in [0.05, 0.1) is 6.10 Å². The summed E-state index contributed by atoms with van der Waals surface area (Å²) in [4.78, 5) is 0. The average molecular weight is 316 g/mol. The third-order valence-electron chi connectivity index (χ3n) is 4.09. The lowest BCUT2D eigenvalue weighted by molar-refractivity contribution is -0.0288. The summed E-state index contributed by atoms with van der Waals surface area (Å²) in [6.07, 6.45) is 4.96. The Morgan fingerprint density at radius 1 is 1.35 bits per heavy atom. The van der Waals surface area contributed by atoms with Crippen LogP contribution in [0, 0.1) is 5.92 Å². The topological polar surface area (TPSA) is 21.3 Å². The smallest absolute Gasteiger partial charge is 0.0580 e. The van der Waals surface area contributed by atoms with E-state index in [1.807, 2.05) is 25.2 Å². The highest BCUT2D eigenvalue weighted by atomic mass is 35.5. The average Bonchev–Trinajstić information content (AvgIpc) is 2.39. The molecule has 1 aromatic rings. The summed E-state index contributed by atoms with van der Waals surface area (Å²) >= 11 is 12.3. The Kier molecular flexibility index (Phi) is 6.16. The van der Waals surface area contributed by atoms with E-state index in [1.165, 1.54) is 19.3 Å². The van der Waals surface area contributed by atoms with Gasteiger partial charge in [0.1, 0.15) is 0 Å². The summed E-state index contributed by atoms with van der Waals surface area (Å²) in [5, 5.41) is 4.95. The molecule has 0 amide bonds. The van der Waals surface area contributed by atoms with Crippen molar-refractivity contribution in [3.63, 3.8) is 0 Å². The van der Waals surface area contributed by atoms with Crippen molar-refractivity contribution in [2.24, 2.45) is 5.92 Å². The van der Waals surface area contributed by atoms with E-state index in [4.69, 9.17) is 27.9 Å². The Morgan fingerprint density at radius 3 is 2.75 bits per heavy atom. The van der Waals surface area contributed by atoms with E-state index in [0.717, 1.165) is 34.6 Å². The summed E-state index contributed by atoms with van der Waals surface area (Å²) in [6, 6.07) is 6.12. The Labute approximate surface area is 131 Å². The van der Waals surface area contributed by atoms with Crippen molar-refractivity contribution in [2.45, 2.75) is 44.8 Å². The number of nitrogens with one attached hydrogen (secondary N) is 1. The van der Waals surface area contributed by atoms with Gasteiger partial charge in [-0.1, -0.05) is 23.2 Å². The fraction of sp³-hybridized carbons (Fsp3) is 0.625. The van der Waals surface area contributed by atoms with Gasteiger partial charge in [-0.3, -0.25) is 0 Å². The van der Waals surface area contributed by atoms with Crippen molar-refractivity contribution in [1.29, 1.82) is 0 Å². The SMILES string of the molecule is CCOC1CC(CC(Cc2cc(Cl)ccc2Cl)NC)C1. The Bertz CT molecular complexity index is 432. The van der Waals surface area contributed by atoms with E-state index < -0.39 is 0 Å². The summed E-state index contributed by atoms with van der Waals surface area (Å²) in [5.41, 5.74) is 1.12. The number of hydrogen-bond donors (Lipinski definition) is 1. The van der Waals surface area contributed by atoms with Crippen molar-refractivity contribution >= 4 is 23.2 Å². The van der Waals surface area contributed by atoms with E-state index in [9.17, 15) is 0 Å². The fourth-order valence-electron chi connectivity index (χ4n) is 2.91. The zero-order chi connectivity index (χ0) is 14.5. The van der Waals surface area contributed by atoms with Crippen LogP contribution in [0.5, 0.6) is 0 Å². The molecule has 0 saturated heterocycles. The van der Waals surface area contributed by atoms with Gasteiger partial charge in [-0.05, 0) is 69.3 Å². The number of rotatable bonds is 7. The Balaban J connectivity index is 1.85. The molecule has 0 heterocycles.